The summed E-state index contributed by atoms with van der Waals surface area (Å²) < 4.78 is 38.3. The predicted molar refractivity (Wildman–Crippen MR) is 74.6 cm³/mol. The fourth-order valence-corrected chi connectivity index (χ4v) is 2.01. The van der Waals surface area contributed by atoms with E-state index in [9.17, 15) is 18.0 Å². The van der Waals surface area contributed by atoms with Gasteiger partial charge in [0.2, 0.25) is 5.82 Å². The van der Waals surface area contributed by atoms with Gasteiger partial charge in [0.05, 0.1) is 4.47 Å². The highest BCUT2D eigenvalue weighted by Gasteiger charge is 2.29. The monoisotopic (exact) mass is 377 g/mol. The van der Waals surface area contributed by atoms with Gasteiger partial charge in [-0.1, -0.05) is 6.92 Å². The third-order valence-corrected chi connectivity index (χ3v) is 3.18. The van der Waals surface area contributed by atoms with Crippen molar-refractivity contribution in [3.8, 4) is 5.82 Å². The molecule has 22 heavy (non-hydrogen) atoms. The quantitative estimate of drug-likeness (QED) is 0.886. The van der Waals surface area contributed by atoms with Crippen LogP contribution in [0.3, 0.4) is 0 Å². The van der Waals surface area contributed by atoms with E-state index in [1.54, 1.807) is 24.4 Å². The molecule has 10 heteroatoms. The van der Waals surface area contributed by atoms with E-state index < -0.39 is 18.6 Å². The van der Waals surface area contributed by atoms with E-state index >= 15 is 0 Å². The molecule has 6 nitrogen and oxygen atoms in total. The van der Waals surface area contributed by atoms with E-state index in [1.807, 2.05) is 0 Å². The summed E-state index contributed by atoms with van der Waals surface area (Å²) in [4.78, 5) is 20.0. The molecular formula is C12H11BrF3N5O. The summed E-state index contributed by atoms with van der Waals surface area (Å²) in [5.41, 5.74) is 0. The smallest absolute Gasteiger partial charge is 0.340 e. The lowest BCUT2D eigenvalue weighted by Gasteiger charge is -2.09. The molecule has 0 aliphatic rings. The molecule has 0 aromatic carbocycles. The lowest BCUT2D eigenvalue weighted by molar-refractivity contribution is -0.123. The van der Waals surface area contributed by atoms with Crippen LogP contribution in [0.4, 0.5) is 13.2 Å². The van der Waals surface area contributed by atoms with Crippen LogP contribution in [0.25, 0.3) is 5.82 Å². The van der Waals surface area contributed by atoms with Gasteiger partial charge in [0.25, 0.3) is 5.91 Å². The molecular weight excluding hydrogens is 367 g/mol. The highest BCUT2D eigenvalue weighted by atomic mass is 79.9. The summed E-state index contributed by atoms with van der Waals surface area (Å²) in [5.74, 6) is -0.621. The summed E-state index contributed by atoms with van der Waals surface area (Å²) in [7, 11) is 0. The largest absolute Gasteiger partial charge is 0.405 e. The van der Waals surface area contributed by atoms with Crippen molar-refractivity contribution in [1.82, 2.24) is 25.1 Å². The van der Waals surface area contributed by atoms with Crippen molar-refractivity contribution >= 4 is 21.8 Å². The van der Waals surface area contributed by atoms with Crippen LogP contribution in [0.2, 0.25) is 0 Å². The maximum absolute atomic E-state index is 12.2. The van der Waals surface area contributed by atoms with Gasteiger partial charge in [-0.05, 0) is 28.1 Å². The molecule has 0 aliphatic heterocycles. The van der Waals surface area contributed by atoms with Gasteiger partial charge in [-0.3, -0.25) is 4.79 Å². The molecule has 0 unspecified atom stereocenters. The first-order valence-corrected chi connectivity index (χ1v) is 7.03. The van der Waals surface area contributed by atoms with Crippen molar-refractivity contribution in [3.05, 3.63) is 34.5 Å². The lowest BCUT2D eigenvalue weighted by Crippen LogP contribution is -2.35. The van der Waals surface area contributed by atoms with E-state index in [1.165, 1.54) is 6.20 Å². The third-order valence-electron chi connectivity index (χ3n) is 2.56. The van der Waals surface area contributed by atoms with Gasteiger partial charge in [0, 0.05) is 12.6 Å². The Balaban J connectivity index is 2.37. The minimum Gasteiger partial charge on any atom is -0.340 e. The zero-order chi connectivity index (χ0) is 16.3. The number of aromatic nitrogens is 4. The van der Waals surface area contributed by atoms with Gasteiger partial charge in [-0.15, -0.1) is 5.10 Å². The molecule has 2 rings (SSSR count). The van der Waals surface area contributed by atoms with Crippen molar-refractivity contribution in [2.75, 3.05) is 6.54 Å². The number of halogens is 4. The van der Waals surface area contributed by atoms with Crippen molar-refractivity contribution < 1.29 is 18.0 Å². The zero-order valence-electron chi connectivity index (χ0n) is 11.4. The molecule has 0 bridgehead atoms. The number of hydrogen-bond donors (Lipinski definition) is 1. The highest BCUT2D eigenvalue weighted by Crippen LogP contribution is 2.19. The molecule has 0 radical (unpaired) electrons. The Bertz CT molecular complexity index is 686. The Kier molecular flexibility index (Phi) is 4.79. The van der Waals surface area contributed by atoms with Crippen LogP contribution in [-0.4, -0.2) is 38.4 Å². The minimum atomic E-state index is -4.50. The first-order chi connectivity index (χ1) is 10.3. The van der Waals surface area contributed by atoms with Crippen LogP contribution >= 0.6 is 15.9 Å². The summed E-state index contributed by atoms with van der Waals surface area (Å²) in [6.07, 6.45) is -2.60. The standard InChI is InChI=1S/C12H11BrF3N5O/c1-2-8-19-10(11(22)18-6-12(14,15)16)21(20-8)9-7(13)4-3-5-17-9/h3-5H,2,6H2,1H3,(H,18,22). The molecule has 2 heterocycles. The fourth-order valence-electron chi connectivity index (χ4n) is 1.59. The van der Waals surface area contributed by atoms with Crippen LogP contribution in [0, 0.1) is 0 Å². The molecule has 1 amide bonds. The Morgan fingerprint density at radius 2 is 2.18 bits per heavy atom. The van der Waals surface area contributed by atoms with Crippen LogP contribution < -0.4 is 5.32 Å². The van der Waals surface area contributed by atoms with E-state index in [4.69, 9.17) is 0 Å². The first-order valence-electron chi connectivity index (χ1n) is 6.23. The molecule has 0 atom stereocenters. The van der Waals surface area contributed by atoms with Crippen LogP contribution in [0.1, 0.15) is 23.4 Å². The Morgan fingerprint density at radius 3 is 2.77 bits per heavy atom. The molecule has 2 aromatic heterocycles. The SMILES string of the molecule is CCc1nc(C(=O)NCC(F)(F)F)n(-c2ncccc2Br)n1. The number of carbonyl (C=O) groups is 1. The second kappa shape index (κ2) is 6.42. The Labute approximate surface area is 131 Å². The number of amides is 1. The minimum absolute atomic E-state index is 0.250. The number of aryl methyl sites for hydroxylation is 1. The average Bonchev–Trinajstić information content (AvgIpc) is 2.88. The Morgan fingerprint density at radius 1 is 1.45 bits per heavy atom. The van der Waals surface area contributed by atoms with Crippen molar-refractivity contribution in [2.24, 2.45) is 0 Å². The molecule has 0 saturated heterocycles. The van der Waals surface area contributed by atoms with Gasteiger partial charge in [0.1, 0.15) is 6.54 Å². The van der Waals surface area contributed by atoms with E-state index in [2.05, 4.69) is 31.0 Å². The molecule has 0 aliphatic carbocycles. The van der Waals surface area contributed by atoms with Crippen LogP contribution in [0.15, 0.2) is 22.8 Å². The van der Waals surface area contributed by atoms with Crippen molar-refractivity contribution in [2.45, 2.75) is 19.5 Å². The van der Waals surface area contributed by atoms with Gasteiger partial charge >= 0.3 is 6.18 Å². The number of pyridine rings is 1. The molecule has 0 spiro atoms. The molecule has 0 saturated carbocycles. The molecule has 2 aromatic rings. The number of rotatable bonds is 4. The summed E-state index contributed by atoms with van der Waals surface area (Å²) in [6.45, 7) is 0.327. The van der Waals surface area contributed by atoms with E-state index in [0.29, 0.717) is 16.7 Å². The van der Waals surface area contributed by atoms with Gasteiger partial charge in [-0.25, -0.2) is 9.97 Å². The number of nitrogens with zero attached hydrogens (tertiary/aromatic N) is 4. The fraction of sp³-hybridized carbons (Fsp3) is 0.333. The van der Waals surface area contributed by atoms with Crippen molar-refractivity contribution in [1.29, 1.82) is 0 Å². The lowest BCUT2D eigenvalue weighted by atomic mass is 10.4. The normalized spacial score (nSPS) is 11.5. The maximum atomic E-state index is 12.2. The van der Waals surface area contributed by atoms with Gasteiger partial charge in [-0.2, -0.15) is 17.9 Å². The second-order valence-corrected chi connectivity index (χ2v) is 5.08. The summed E-state index contributed by atoms with van der Waals surface area (Å²) >= 11 is 3.26. The maximum Gasteiger partial charge on any atom is 0.405 e. The first kappa shape index (κ1) is 16.4. The number of nitrogens with one attached hydrogen (secondary N) is 1. The zero-order valence-corrected chi connectivity index (χ0v) is 12.9. The van der Waals surface area contributed by atoms with Gasteiger partial charge < -0.3 is 5.32 Å². The molecule has 118 valence electrons. The molecule has 1 N–H and O–H groups in total. The van der Waals surface area contributed by atoms with Crippen LogP contribution in [0.5, 0.6) is 0 Å². The molecule has 0 fully saturated rings. The van der Waals surface area contributed by atoms with E-state index in [0.717, 1.165) is 4.68 Å². The average molecular weight is 378 g/mol. The van der Waals surface area contributed by atoms with E-state index in [-0.39, 0.29) is 11.6 Å². The summed E-state index contributed by atoms with van der Waals surface area (Å²) in [5, 5.41) is 5.87. The predicted octanol–water partition coefficient (Wildman–Crippen LogP) is 2.28. The second-order valence-electron chi connectivity index (χ2n) is 4.22. The topological polar surface area (TPSA) is 72.7 Å². The third kappa shape index (κ3) is 3.81. The Hall–Kier alpha value is -1.97. The number of hydrogen-bond acceptors (Lipinski definition) is 4. The number of carbonyl (C=O) groups excluding carboxylic acids is 1. The number of alkyl halides is 3. The van der Waals surface area contributed by atoms with Crippen molar-refractivity contribution in [3.63, 3.8) is 0 Å². The summed E-state index contributed by atoms with van der Waals surface area (Å²) in [6, 6.07) is 3.33. The highest BCUT2D eigenvalue weighted by molar-refractivity contribution is 9.10. The van der Waals surface area contributed by atoms with Crippen LogP contribution in [-0.2, 0) is 6.42 Å². The van der Waals surface area contributed by atoms with Gasteiger partial charge in [0.15, 0.2) is 11.6 Å².